The van der Waals surface area contributed by atoms with Gasteiger partial charge < -0.3 is 29.3 Å². The first-order chi connectivity index (χ1) is 19.4. The summed E-state index contributed by atoms with van der Waals surface area (Å²) in [6.07, 6.45) is -0.450. The van der Waals surface area contributed by atoms with E-state index in [1.54, 1.807) is 30.1 Å². The van der Waals surface area contributed by atoms with E-state index >= 15 is 0 Å². The maximum absolute atomic E-state index is 14.1. The van der Waals surface area contributed by atoms with Crippen LogP contribution in [0.2, 0.25) is 0 Å². The quantitative estimate of drug-likeness (QED) is 0.345. The number of esters is 1. The molecule has 3 aromatic rings. The van der Waals surface area contributed by atoms with Gasteiger partial charge in [-0.3, -0.25) is 4.79 Å². The third-order valence-electron chi connectivity index (χ3n) is 6.94. The van der Waals surface area contributed by atoms with E-state index in [1.165, 1.54) is 12.0 Å². The minimum absolute atomic E-state index is 0.0136. The highest BCUT2D eigenvalue weighted by Gasteiger charge is 2.35. The molecule has 2 atom stereocenters. The number of ether oxygens (including phenoxy) is 3. The summed E-state index contributed by atoms with van der Waals surface area (Å²) in [5.74, 6) is -0.482. The second-order valence-corrected chi connectivity index (χ2v) is 11.9. The van der Waals surface area contributed by atoms with Gasteiger partial charge in [-0.1, -0.05) is 52.3 Å². The third-order valence-corrected chi connectivity index (χ3v) is 7.63. The van der Waals surface area contributed by atoms with Gasteiger partial charge in [-0.25, -0.2) is 9.59 Å². The number of nitrogens with zero attached hydrogens (tertiary/aromatic N) is 2. The Morgan fingerprint density at radius 3 is 2.51 bits per heavy atom. The number of hydrogen-bond donors (Lipinski definition) is 1. The number of hydrogen-bond acceptors (Lipinski definition) is 7. The van der Waals surface area contributed by atoms with Gasteiger partial charge in [0.05, 0.1) is 19.3 Å². The van der Waals surface area contributed by atoms with E-state index < -0.39 is 23.7 Å². The number of nitrogens with one attached hydrogen (secondary N) is 1. The highest BCUT2D eigenvalue weighted by molar-refractivity contribution is 9.10. The molecule has 0 fully saturated rings. The van der Waals surface area contributed by atoms with E-state index in [-0.39, 0.29) is 36.4 Å². The Morgan fingerprint density at radius 1 is 1.12 bits per heavy atom. The number of halogens is 1. The number of amides is 2. The van der Waals surface area contributed by atoms with Crippen LogP contribution in [0.25, 0.3) is 10.8 Å². The normalized spacial score (nSPS) is 15.9. The van der Waals surface area contributed by atoms with Crippen LogP contribution in [0.1, 0.15) is 43.6 Å². The van der Waals surface area contributed by atoms with E-state index in [0.29, 0.717) is 12.2 Å². The van der Waals surface area contributed by atoms with Gasteiger partial charge in [-0.15, -0.1) is 0 Å². The second kappa shape index (κ2) is 12.5. The van der Waals surface area contributed by atoms with Gasteiger partial charge >= 0.3 is 12.1 Å². The minimum atomic E-state index is -0.746. The van der Waals surface area contributed by atoms with Crippen molar-refractivity contribution in [3.63, 3.8) is 0 Å². The molecule has 9 nitrogen and oxygen atoms in total. The number of carbonyl (C=O) groups excluding carboxylic acids is 3. The molecule has 0 saturated carbocycles. The van der Waals surface area contributed by atoms with Gasteiger partial charge in [0.1, 0.15) is 23.8 Å². The Bertz CT molecular complexity index is 1450. The van der Waals surface area contributed by atoms with Crippen LogP contribution in [0, 0.1) is 0 Å². The largest absolute Gasteiger partial charge is 0.488 e. The number of para-hydroxylation sites is 1. The molecule has 218 valence electrons. The molecule has 41 heavy (non-hydrogen) atoms. The average molecular weight is 627 g/mol. The number of fused-ring (bicyclic) bond motifs is 2. The Balaban J connectivity index is 1.65. The molecule has 0 aliphatic carbocycles. The molecule has 1 aliphatic heterocycles. The number of likely N-dealkylation sites (N-methyl/N-ethyl adjacent to an activating group) is 1. The summed E-state index contributed by atoms with van der Waals surface area (Å²) in [7, 11) is 2.97. The molecule has 1 unspecified atom stereocenters. The van der Waals surface area contributed by atoms with E-state index in [1.807, 2.05) is 64.1 Å². The molecule has 0 aromatic heterocycles. The summed E-state index contributed by atoms with van der Waals surface area (Å²) in [6.45, 7) is 7.85. The molecule has 0 spiro atoms. The van der Waals surface area contributed by atoms with Crippen molar-refractivity contribution < 1.29 is 28.6 Å². The fourth-order valence-electron chi connectivity index (χ4n) is 4.61. The molecule has 3 aromatic carbocycles. The maximum atomic E-state index is 14.1. The molecule has 0 radical (unpaired) electrons. The van der Waals surface area contributed by atoms with Crippen LogP contribution in [0.3, 0.4) is 0 Å². The topological polar surface area (TPSA) is 97.4 Å². The predicted molar refractivity (Wildman–Crippen MR) is 161 cm³/mol. The van der Waals surface area contributed by atoms with E-state index in [2.05, 4.69) is 21.2 Å². The van der Waals surface area contributed by atoms with Crippen molar-refractivity contribution in [2.75, 3.05) is 32.2 Å². The van der Waals surface area contributed by atoms with Gasteiger partial charge in [0, 0.05) is 24.1 Å². The van der Waals surface area contributed by atoms with E-state index in [4.69, 9.17) is 14.2 Å². The summed E-state index contributed by atoms with van der Waals surface area (Å²) in [5, 5.41) is 5.31. The number of methoxy groups -OCH3 is 1. The summed E-state index contributed by atoms with van der Waals surface area (Å²) in [4.78, 5) is 42.4. The lowest BCUT2D eigenvalue weighted by atomic mass is 10.0. The number of anilines is 1. The van der Waals surface area contributed by atoms with Crippen LogP contribution in [0.5, 0.6) is 5.75 Å². The Morgan fingerprint density at radius 2 is 1.83 bits per heavy atom. The van der Waals surface area contributed by atoms with Crippen LogP contribution in [-0.2, 0) is 20.8 Å². The van der Waals surface area contributed by atoms with Gasteiger partial charge in [-0.2, -0.15) is 0 Å². The summed E-state index contributed by atoms with van der Waals surface area (Å²) < 4.78 is 17.6. The van der Waals surface area contributed by atoms with Crippen molar-refractivity contribution >= 4 is 50.4 Å². The van der Waals surface area contributed by atoms with Crippen LogP contribution < -0.4 is 15.0 Å². The molecule has 4 rings (SSSR count). The zero-order valence-corrected chi connectivity index (χ0v) is 25.8. The first-order valence-electron chi connectivity index (χ1n) is 13.4. The summed E-state index contributed by atoms with van der Waals surface area (Å²) in [5.41, 5.74) is 1.03. The van der Waals surface area contributed by atoms with Crippen LogP contribution in [-0.4, -0.2) is 67.9 Å². The van der Waals surface area contributed by atoms with Crippen LogP contribution in [0.4, 0.5) is 10.5 Å². The molecular formula is C31H36BrN3O6. The highest BCUT2D eigenvalue weighted by Crippen LogP contribution is 2.37. The lowest BCUT2D eigenvalue weighted by Crippen LogP contribution is -2.52. The Labute approximate surface area is 248 Å². The molecule has 2 amide bonds. The number of carbonyl (C=O) groups is 3. The third kappa shape index (κ3) is 6.82. The molecule has 10 heteroatoms. The van der Waals surface area contributed by atoms with Crippen molar-refractivity contribution in [2.45, 2.75) is 51.9 Å². The zero-order valence-electron chi connectivity index (χ0n) is 24.2. The maximum Gasteiger partial charge on any atom is 0.410 e. The predicted octanol–water partition coefficient (Wildman–Crippen LogP) is 5.53. The monoisotopic (exact) mass is 625 g/mol. The van der Waals surface area contributed by atoms with Crippen molar-refractivity contribution in [3.8, 4) is 5.75 Å². The van der Waals surface area contributed by atoms with Gasteiger partial charge in [0.25, 0.3) is 0 Å². The minimum Gasteiger partial charge on any atom is -0.488 e. The molecule has 1 N–H and O–H groups in total. The first-order valence-corrected chi connectivity index (χ1v) is 14.2. The lowest BCUT2D eigenvalue weighted by molar-refractivity contribution is -0.121. The fraction of sp³-hybridized carbons (Fsp3) is 0.387. The van der Waals surface area contributed by atoms with Gasteiger partial charge in [0.2, 0.25) is 5.91 Å². The average Bonchev–Trinajstić information content (AvgIpc) is 3.07. The smallest absolute Gasteiger partial charge is 0.410 e. The highest BCUT2D eigenvalue weighted by atomic mass is 79.9. The Kier molecular flexibility index (Phi) is 9.24. The SMILES string of the molecule is COC(=O)c1cccc2c1OCC(NC[C@H](C)N(C)C(=O)OC(C)(C)C)C(=O)N2Cc1ccc(Br)c2ccccc12. The second-order valence-electron chi connectivity index (χ2n) is 11.0. The van der Waals surface area contributed by atoms with Crippen LogP contribution >= 0.6 is 15.9 Å². The fourth-order valence-corrected chi connectivity index (χ4v) is 5.09. The van der Waals surface area contributed by atoms with Crippen molar-refractivity contribution in [3.05, 3.63) is 70.2 Å². The lowest BCUT2D eigenvalue weighted by Gasteiger charge is -2.30. The van der Waals surface area contributed by atoms with Crippen molar-refractivity contribution in [1.29, 1.82) is 0 Å². The number of benzene rings is 3. The first kappa shape index (κ1) is 30.3. The molecule has 1 aliphatic rings. The van der Waals surface area contributed by atoms with Gasteiger partial charge in [-0.05, 0) is 62.2 Å². The summed E-state index contributed by atoms with van der Waals surface area (Å²) >= 11 is 3.62. The molecule has 1 heterocycles. The van der Waals surface area contributed by atoms with Crippen LogP contribution in [0.15, 0.2) is 59.1 Å². The summed E-state index contributed by atoms with van der Waals surface area (Å²) in [6, 6.07) is 16.0. The van der Waals surface area contributed by atoms with Crippen molar-refractivity contribution in [2.24, 2.45) is 0 Å². The van der Waals surface area contributed by atoms with E-state index in [9.17, 15) is 14.4 Å². The molecular weight excluding hydrogens is 590 g/mol. The zero-order chi connectivity index (χ0) is 29.9. The van der Waals surface area contributed by atoms with Crippen molar-refractivity contribution in [1.82, 2.24) is 10.2 Å². The molecule has 0 saturated heterocycles. The van der Waals surface area contributed by atoms with E-state index in [0.717, 1.165) is 20.8 Å². The standard InChI is InChI=1S/C31H36BrN3O6/c1-19(34(5)30(38)41-31(2,3)4)16-33-25-18-40-27-23(29(37)39-6)12-9-13-26(27)35(28(25)36)17-20-14-15-24(32)22-11-8-7-10-21(20)22/h7-15,19,25,33H,16-18H2,1-6H3/t19-,25?/m0/s1. The van der Waals surface area contributed by atoms with Gasteiger partial charge in [0.15, 0.2) is 5.75 Å². The molecule has 0 bridgehead atoms. The Hall–Kier alpha value is -3.63. The number of rotatable bonds is 7.